The molecule has 1 nitrogen and oxygen atoms in total. The summed E-state index contributed by atoms with van der Waals surface area (Å²) in [6.45, 7) is 13.5. The molecule has 1 aromatic rings. The van der Waals surface area contributed by atoms with Crippen LogP contribution in [0, 0.1) is 18.8 Å². The molecule has 118 valence electrons. The summed E-state index contributed by atoms with van der Waals surface area (Å²) in [6, 6.07) is 6.87. The van der Waals surface area contributed by atoms with E-state index in [1.165, 1.54) is 23.1 Å². The molecule has 1 aliphatic carbocycles. The second-order valence-corrected chi connectivity index (χ2v) is 8.02. The lowest BCUT2D eigenvalue weighted by Gasteiger charge is -2.43. The molecular formula is C20H32O. The van der Waals surface area contributed by atoms with Gasteiger partial charge in [0.15, 0.2) is 0 Å². The molecule has 0 heterocycles. The zero-order chi connectivity index (χ0) is 15.8. The van der Waals surface area contributed by atoms with Gasteiger partial charge in [-0.25, -0.2) is 0 Å². The molecule has 1 aromatic carbocycles. The lowest BCUT2D eigenvalue weighted by atomic mass is 9.63. The Kier molecular flexibility index (Phi) is 4.82. The predicted molar refractivity (Wildman–Crippen MR) is 90.8 cm³/mol. The van der Waals surface area contributed by atoms with Crippen molar-refractivity contribution >= 4 is 0 Å². The summed E-state index contributed by atoms with van der Waals surface area (Å²) in [6.07, 6.45) is 3.07. The monoisotopic (exact) mass is 288 g/mol. The summed E-state index contributed by atoms with van der Waals surface area (Å²) in [7, 11) is 0. The topological polar surface area (TPSA) is 20.2 Å². The third kappa shape index (κ3) is 3.34. The second kappa shape index (κ2) is 6.12. The number of aliphatic hydroxyl groups excluding tert-OH is 1. The molecule has 0 amide bonds. The fourth-order valence-electron chi connectivity index (χ4n) is 4.11. The van der Waals surface area contributed by atoms with Gasteiger partial charge in [-0.05, 0) is 60.5 Å². The van der Waals surface area contributed by atoms with Crippen molar-refractivity contribution in [3.05, 3.63) is 34.9 Å². The van der Waals surface area contributed by atoms with Gasteiger partial charge in [0.25, 0.3) is 0 Å². The van der Waals surface area contributed by atoms with Crippen molar-refractivity contribution in [2.45, 2.75) is 78.2 Å². The summed E-state index contributed by atoms with van der Waals surface area (Å²) in [5, 5.41) is 10.6. The SMILES string of the molecule is Cc1ccc(C(C)C)c(C2(C)CCC(C(C)C)C(O)C2)c1. The van der Waals surface area contributed by atoms with E-state index in [4.69, 9.17) is 0 Å². The maximum absolute atomic E-state index is 10.6. The van der Waals surface area contributed by atoms with Crippen molar-refractivity contribution in [1.82, 2.24) is 0 Å². The van der Waals surface area contributed by atoms with E-state index in [9.17, 15) is 5.11 Å². The molecule has 1 heteroatoms. The average Bonchev–Trinajstić information content (AvgIpc) is 2.37. The number of rotatable bonds is 3. The average molecular weight is 288 g/mol. The Bertz CT molecular complexity index is 489. The van der Waals surface area contributed by atoms with Crippen LogP contribution in [0.4, 0.5) is 0 Å². The normalized spacial score (nSPS) is 30.1. The third-order valence-corrected chi connectivity index (χ3v) is 5.52. The van der Waals surface area contributed by atoms with E-state index in [0.717, 1.165) is 12.8 Å². The van der Waals surface area contributed by atoms with Crippen LogP contribution >= 0.6 is 0 Å². The molecule has 0 bridgehead atoms. The van der Waals surface area contributed by atoms with Crippen LogP contribution in [0.1, 0.15) is 76.5 Å². The van der Waals surface area contributed by atoms with Crippen LogP contribution in [0.5, 0.6) is 0 Å². The van der Waals surface area contributed by atoms with Gasteiger partial charge in [-0.2, -0.15) is 0 Å². The number of hydrogen-bond acceptors (Lipinski definition) is 1. The molecule has 1 N–H and O–H groups in total. The van der Waals surface area contributed by atoms with Gasteiger partial charge >= 0.3 is 0 Å². The summed E-state index contributed by atoms with van der Waals surface area (Å²) in [4.78, 5) is 0. The van der Waals surface area contributed by atoms with E-state index >= 15 is 0 Å². The number of benzene rings is 1. The molecule has 0 aliphatic heterocycles. The minimum atomic E-state index is -0.163. The standard InChI is InChI=1S/C20H32O/c1-13(2)16-8-7-15(5)11-18(16)20(6)10-9-17(14(3)4)19(21)12-20/h7-8,11,13-14,17,19,21H,9-10,12H2,1-6H3. The highest BCUT2D eigenvalue weighted by molar-refractivity contribution is 5.39. The molecular weight excluding hydrogens is 256 g/mol. The van der Waals surface area contributed by atoms with Crippen LogP contribution in [-0.2, 0) is 5.41 Å². The minimum Gasteiger partial charge on any atom is -0.393 e. The van der Waals surface area contributed by atoms with Crippen molar-refractivity contribution < 1.29 is 5.11 Å². The van der Waals surface area contributed by atoms with E-state index in [2.05, 4.69) is 59.7 Å². The Labute approximate surface area is 130 Å². The van der Waals surface area contributed by atoms with Crippen molar-refractivity contribution in [2.75, 3.05) is 0 Å². The number of aryl methyl sites for hydroxylation is 1. The first-order chi connectivity index (χ1) is 9.74. The largest absolute Gasteiger partial charge is 0.393 e. The molecule has 3 unspecified atom stereocenters. The molecule has 0 radical (unpaired) electrons. The van der Waals surface area contributed by atoms with Crippen LogP contribution in [0.2, 0.25) is 0 Å². The molecule has 0 spiro atoms. The zero-order valence-electron chi connectivity index (χ0n) is 14.6. The molecule has 0 aromatic heterocycles. The van der Waals surface area contributed by atoms with Crippen LogP contribution in [0.25, 0.3) is 0 Å². The van der Waals surface area contributed by atoms with Gasteiger partial charge < -0.3 is 5.11 Å². The van der Waals surface area contributed by atoms with Gasteiger partial charge in [-0.1, -0.05) is 58.4 Å². The Balaban J connectivity index is 2.35. The predicted octanol–water partition coefficient (Wildman–Crippen LogP) is 5.19. The van der Waals surface area contributed by atoms with Crippen molar-refractivity contribution in [3.8, 4) is 0 Å². The highest BCUT2D eigenvalue weighted by Crippen LogP contribution is 2.45. The zero-order valence-corrected chi connectivity index (χ0v) is 14.6. The summed E-state index contributed by atoms with van der Waals surface area (Å²) in [5.74, 6) is 1.58. The van der Waals surface area contributed by atoms with E-state index in [-0.39, 0.29) is 11.5 Å². The molecule has 1 fully saturated rings. The quantitative estimate of drug-likeness (QED) is 0.811. The first-order valence-corrected chi connectivity index (χ1v) is 8.53. The lowest BCUT2D eigenvalue weighted by Crippen LogP contribution is -2.40. The highest BCUT2D eigenvalue weighted by Gasteiger charge is 2.40. The van der Waals surface area contributed by atoms with E-state index in [1.807, 2.05) is 0 Å². The molecule has 1 saturated carbocycles. The first kappa shape index (κ1) is 16.5. The fourth-order valence-corrected chi connectivity index (χ4v) is 4.11. The smallest absolute Gasteiger partial charge is 0.0579 e. The van der Waals surface area contributed by atoms with Gasteiger partial charge in [0.1, 0.15) is 0 Å². The van der Waals surface area contributed by atoms with Crippen molar-refractivity contribution in [3.63, 3.8) is 0 Å². The van der Waals surface area contributed by atoms with E-state index in [0.29, 0.717) is 17.8 Å². The maximum atomic E-state index is 10.6. The molecule has 2 rings (SSSR count). The fraction of sp³-hybridized carbons (Fsp3) is 0.700. The third-order valence-electron chi connectivity index (χ3n) is 5.52. The van der Waals surface area contributed by atoms with Crippen LogP contribution < -0.4 is 0 Å². The van der Waals surface area contributed by atoms with E-state index in [1.54, 1.807) is 0 Å². The van der Waals surface area contributed by atoms with Gasteiger partial charge in [-0.3, -0.25) is 0 Å². The Morgan fingerprint density at radius 1 is 1.19 bits per heavy atom. The maximum Gasteiger partial charge on any atom is 0.0579 e. The Morgan fingerprint density at radius 3 is 2.38 bits per heavy atom. The molecule has 1 aliphatic rings. The van der Waals surface area contributed by atoms with Gasteiger partial charge in [0.2, 0.25) is 0 Å². The van der Waals surface area contributed by atoms with Gasteiger partial charge in [0.05, 0.1) is 6.10 Å². The summed E-state index contributed by atoms with van der Waals surface area (Å²) in [5.41, 5.74) is 4.38. The highest BCUT2D eigenvalue weighted by atomic mass is 16.3. The van der Waals surface area contributed by atoms with Crippen LogP contribution in [0.15, 0.2) is 18.2 Å². The first-order valence-electron chi connectivity index (χ1n) is 8.53. The van der Waals surface area contributed by atoms with Crippen LogP contribution in [-0.4, -0.2) is 11.2 Å². The van der Waals surface area contributed by atoms with Gasteiger partial charge in [0, 0.05) is 0 Å². The molecule has 0 saturated heterocycles. The van der Waals surface area contributed by atoms with E-state index < -0.39 is 0 Å². The number of hydrogen-bond donors (Lipinski definition) is 1. The minimum absolute atomic E-state index is 0.121. The summed E-state index contributed by atoms with van der Waals surface area (Å²) < 4.78 is 0. The van der Waals surface area contributed by atoms with Crippen molar-refractivity contribution in [2.24, 2.45) is 11.8 Å². The van der Waals surface area contributed by atoms with Crippen LogP contribution in [0.3, 0.4) is 0 Å². The van der Waals surface area contributed by atoms with Gasteiger partial charge in [-0.15, -0.1) is 0 Å². The summed E-state index contributed by atoms with van der Waals surface area (Å²) >= 11 is 0. The molecule has 3 atom stereocenters. The Morgan fingerprint density at radius 2 is 1.86 bits per heavy atom. The van der Waals surface area contributed by atoms with Crippen molar-refractivity contribution in [1.29, 1.82) is 0 Å². The Hall–Kier alpha value is -0.820. The number of aliphatic hydroxyl groups is 1. The second-order valence-electron chi connectivity index (χ2n) is 8.02. The lowest BCUT2D eigenvalue weighted by molar-refractivity contribution is 0.0150. The molecule has 21 heavy (non-hydrogen) atoms.